The van der Waals surface area contributed by atoms with Crippen LogP contribution in [0.15, 0.2) is 50.5 Å². The molecule has 0 aliphatic carbocycles. The van der Waals surface area contributed by atoms with Gasteiger partial charge < -0.3 is 9.32 Å². The average Bonchev–Trinajstić information content (AvgIpc) is 3.02. The van der Waals surface area contributed by atoms with Crippen LogP contribution in [-0.2, 0) is 17.1 Å². The summed E-state index contributed by atoms with van der Waals surface area (Å²) >= 11 is 0. The third-order valence-corrected chi connectivity index (χ3v) is 7.58. The van der Waals surface area contributed by atoms with Crippen LogP contribution in [0.4, 0.5) is 0 Å². The Balaban J connectivity index is 1.51. The van der Waals surface area contributed by atoms with Gasteiger partial charge in [0.2, 0.25) is 10.0 Å². The number of amides is 1. The Morgan fingerprint density at radius 1 is 0.967 bits per heavy atom. The van der Waals surface area contributed by atoms with E-state index >= 15 is 0 Å². The molecule has 0 spiro atoms. The van der Waals surface area contributed by atoms with Gasteiger partial charge in [-0.3, -0.25) is 9.36 Å². The largest absolute Gasteiger partial charge is 0.419 e. The number of carbonyl (C=O) groups excluding carboxylic acids is 1. The lowest BCUT2D eigenvalue weighted by atomic mass is 10.1. The first-order chi connectivity index (χ1) is 14.2. The summed E-state index contributed by atoms with van der Waals surface area (Å²) in [7, 11) is -2.20. The van der Waals surface area contributed by atoms with E-state index in [1.807, 2.05) is 26.0 Å². The fourth-order valence-electron chi connectivity index (χ4n) is 3.61. The molecule has 158 valence electrons. The van der Waals surface area contributed by atoms with E-state index in [0.717, 1.165) is 11.1 Å². The number of oxazole rings is 1. The summed E-state index contributed by atoms with van der Waals surface area (Å²) in [4.78, 5) is 26.2. The van der Waals surface area contributed by atoms with Crippen molar-refractivity contribution in [2.75, 3.05) is 26.2 Å². The van der Waals surface area contributed by atoms with Gasteiger partial charge in [0.15, 0.2) is 5.58 Å². The van der Waals surface area contributed by atoms with Crippen LogP contribution in [-0.4, -0.2) is 54.3 Å². The summed E-state index contributed by atoms with van der Waals surface area (Å²) in [5.74, 6) is -0.638. The Morgan fingerprint density at radius 2 is 1.67 bits per heavy atom. The molecule has 1 amide bonds. The summed E-state index contributed by atoms with van der Waals surface area (Å²) < 4.78 is 33.9. The van der Waals surface area contributed by atoms with E-state index < -0.39 is 15.8 Å². The summed E-state index contributed by atoms with van der Waals surface area (Å²) in [6.07, 6.45) is 0. The van der Waals surface area contributed by atoms with Crippen molar-refractivity contribution in [3.63, 3.8) is 0 Å². The van der Waals surface area contributed by atoms with Gasteiger partial charge in [0.05, 0.1) is 10.4 Å². The Bertz CT molecular complexity index is 1300. The van der Waals surface area contributed by atoms with Crippen LogP contribution >= 0.6 is 0 Å². The molecule has 1 aromatic heterocycles. The second-order valence-corrected chi connectivity index (χ2v) is 9.49. The van der Waals surface area contributed by atoms with Crippen LogP contribution in [0.3, 0.4) is 0 Å². The van der Waals surface area contributed by atoms with E-state index in [4.69, 9.17) is 4.42 Å². The van der Waals surface area contributed by atoms with Gasteiger partial charge in [0.1, 0.15) is 0 Å². The standard InChI is InChI=1S/C21H23N3O5S/c1-14-4-5-16(12-15(14)2)20(25)23-8-10-24(11-9-23)30(27,28)17-6-7-18-19(13-17)29-21(26)22(18)3/h4-7,12-13H,8-11H2,1-3H3. The maximum atomic E-state index is 13.0. The fraction of sp³-hybridized carbons (Fsp3) is 0.333. The van der Waals surface area contributed by atoms with Crippen LogP contribution in [0.2, 0.25) is 0 Å². The molecule has 0 radical (unpaired) electrons. The molecule has 4 rings (SSSR count). The van der Waals surface area contributed by atoms with E-state index in [1.54, 1.807) is 24.1 Å². The first-order valence-corrected chi connectivity index (χ1v) is 11.1. The van der Waals surface area contributed by atoms with E-state index in [1.165, 1.54) is 21.0 Å². The molecule has 1 saturated heterocycles. The van der Waals surface area contributed by atoms with Crippen LogP contribution in [0.25, 0.3) is 11.1 Å². The van der Waals surface area contributed by atoms with Gasteiger partial charge in [0, 0.05) is 44.9 Å². The molecule has 0 atom stereocenters. The highest BCUT2D eigenvalue weighted by molar-refractivity contribution is 7.89. The molecule has 0 unspecified atom stereocenters. The van der Waals surface area contributed by atoms with Gasteiger partial charge in [-0.2, -0.15) is 4.31 Å². The maximum Gasteiger partial charge on any atom is 0.419 e. The summed E-state index contributed by atoms with van der Waals surface area (Å²) in [6, 6.07) is 9.99. The Labute approximate surface area is 174 Å². The minimum absolute atomic E-state index is 0.0679. The molecule has 1 fully saturated rings. The van der Waals surface area contributed by atoms with Gasteiger partial charge in [-0.15, -0.1) is 0 Å². The lowest BCUT2D eigenvalue weighted by molar-refractivity contribution is 0.0698. The number of hydrogen-bond acceptors (Lipinski definition) is 5. The number of carbonyl (C=O) groups is 1. The normalized spacial score (nSPS) is 15.6. The molecule has 0 N–H and O–H groups in total. The zero-order chi connectivity index (χ0) is 21.6. The number of fused-ring (bicyclic) bond motifs is 1. The number of nitrogens with zero attached hydrogens (tertiary/aromatic N) is 3. The van der Waals surface area contributed by atoms with Gasteiger partial charge in [-0.1, -0.05) is 6.07 Å². The molecule has 30 heavy (non-hydrogen) atoms. The van der Waals surface area contributed by atoms with Gasteiger partial charge in [-0.25, -0.2) is 13.2 Å². The number of aromatic nitrogens is 1. The SMILES string of the molecule is Cc1ccc(C(=O)N2CCN(S(=O)(=O)c3ccc4c(c3)oc(=O)n4C)CC2)cc1C. The molecule has 3 aromatic rings. The van der Waals surface area contributed by atoms with Crippen molar-refractivity contribution < 1.29 is 17.6 Å². The number of sulfonamides is 1. The molecule has 1 aliphatic heterocycles. The molecule has 2 aromatic carbocycles. The third-order valence-electron chi connectivity index (χ3n) is 5.68. The van der Waals surface area contributed by atoms with Crippen LogP contribution < -0.4 is 5.76 Å². The van der Waals surface area contributed by atoms with Crippen molar-refractivity contribution >= 4 is 27.0 Å². The monoisotopic (exact) mass is 429 g/mol. The van der Waals surface area contributed by atoms with Crippen molar-refractivity contribution in [1.82, 2.24) is 13.8 Å². The lowest BCUT2D eigenvalue weighted by Gasteiger charge is -2.34. The van der Waals surface area contributed by atoms with E-state index in [0.29, 0.717) is 24.2 Å². The lowest BCUT2D eigenvalue weighted by Crippen LogP contribution is -2.50. The molecule has 0 saturated carbocycles. The second-order valence-electron chi connectivity index (χ2n) is 7.55. The first kappa shape index (κ1) is 20.4. The number of hydrogen-bond donors (Lipinski definition) is 0. The minimum atomic E-state index is -3.76. The molecular formula is C21H23N3O5S. The molecular weight excluding hydrogens is 406 g/mol. The van der Waals surface area contributed by atoms with Gasteiger partial charge >= 0.3 is 5.76 Å². The summed E-state index contributed by atoms with van der Waals surface area (Å²) in [5, 5.41) is 0. The Morgan fingerprint density at radius 3 is 2.33 bits per heavy atom. The average molecular weight is 429 g/mol. The molecule has 1 aliphatic rings. The van der Waals surface area contributed by atoms with Gasteiger partial charge in [0.25, 0.3) is 5.91 Å². The molecule has 9 heteroatoms. The van der Waals surface area contributed by atoms with E-state index in [9.17, 15) is 18.0 Å². The highest BCUT2D eigenvalue weighted by Gasteiger charge is 2.31. The Kier molecular flexibility index (Phi) is 5.03. The second kappa shape index (κ2) is 7.41. The predicted octanol–water partition coefficient (Wildman–Crippen LogP) is 1.90. The van der Waals surface area contributed by atoms with Crippen molar-refractivity contribution in [3.8, 4) is 0 Å². The number of benzene rings is 2. The quantitative estimate of drug-likeness (QED) is 0.634. The molecule has 0 bridgehead atoms. The predicted molar refractivity (Wildman–Crippen MR) is 112 cm³/mol. The number of piperazine rings is 1. The summed E-state index contributed by atoms with van der Waals surface area (Å²) in [6.45, 7) is 4.99. The van der Waals surface area contributed by atoms with E-state index in [-0.39, 0.29) is 29.5 Å². The van der Waals surface area contributed by atoms with Crippen molar-refractivity contribution in [3.05, 3.63) is 63.6 Å². The van der Waals surface area contributed by atoms with Crippen LogP contribution in [0, 0.1) is 13.8 Å². The van der Waals surface area contributed by atoms with Crippen LogP contribution in [0.1, 0.15) is 21.5 Å². The van der Waals surface area contributed by atoms with Gasteiger partial charge in [-0.05, 0) is 49.2 Å². The fourth-order valence-corrected chi connectivity index (χ4v) is 5.05. The minimum Gasteiger partial charge on any atom is -0.408 e. The van der Waals surface area contributed by atoms with E-state index in [2.05, 4.69) is 0 Å². The maximum absolute atomic E-state index is 13.0. The zero-order valence-electron chi connectivity index (χ0n) is 17.1. The zero-order valence-corrected chi connectivity index (χ0v) is 17.9. The van der Waals surface area contributed by atoms with Crippen molar-refractivity contribution in [2.45, 2.75) is 18.7 Å². The number of rotatable bonds is 3. The molecule has 2 heterocycles. The third kappa shape index (κ3) is 3.44. The Hall–Kier alpha value is -2.91. The first-order valence-electron chi connectivity index (χ1n) is 9.65. The topological polar surface area (TPSA) is 92.8 Å². The summed E-state index contributed by atoms with van der Waals surface area (Å²) in [5.41, 5.74) is 3.53. The highest BCUT2D eigenvalue weighted by atomic mass is 32.2. The van der Waals surface area contributed by atoms with Crippen molar-refractivity contribution in [2.24, 2.45) is 7.05 Å². The number of aryl methyl sites for hydroxylation is 3. The molecule has 8 nitrogen and oxygen atoms in total. The van der Waals surface area contributed by atoms with Crippen LogP contribution in [0.5, 0.6) is 0 Å². The van der Waals surface area contributed by atoms with Crippen molar-refractivity contribution in [1.29, 1.82) is 0 Å². The highest BCUT2D eigenvalue weighted by Crippen LogP contribution is 2.23. The smallest absolute Gasteiger partial charge is 0.408 e.